The van der Waals surface area contributed by atoms with Crippen LogP contribution in [0.25, 0.3) is 16.7 Å². The highest BCUT2D eigenvalue weighted by molar-refractivity contribution is 5.73. The quantitative estimate of drug-likeness (QED) is 0.341. The third-order valence-corrected chi connectivity index (χ3v) is 5.68. The smallest absolute Gasteiger partial charge is 0.121 e. The molecule has 0 saturated carbocycles. The van der Waals surface area contributed by atoms with Gasteiger partial charge in [0.05, 0.1) is 5.69 Å². The molecule has 2 aromatic carbocycles. The van der Waals surface area contributed by atoms with Crippen LogP contribution in [0.1, 0.15) is 82.3 Å². The van der Waals surface area contributed by atoms with Crippen molar-refractivity contribution >= 4 is 11.0 Å². The van der Waals surface area contributed by atoms with Gasteiger partial charge in [0.25, 0.3) is 0 Å². The second-order valence-electron chi connectivity index (χ2n) is 8.18. The molecule has 1 heterocycles. The van der Waals surface area contributed by atoms with E-state index in [9.17, 15) is 5.11 Å². The van der Waals surface area contributed by atoms with Crippen molar-refractivity contribution in [3.05, 3.63) is 47.5 Å². The van der Waals surface area contributed by atoms with Gasteiger partial charge in [-0.05, 0) is 55.2 Å². The number of hydrogen-bond donors (Lipinski definition) is 1. The van der Waals surface area contributed by atoms with Gasteiger partial charge < -0.3 is 5.11 Å². The van der Waals surface area contributed by atoms with Crippen LogP contribution in [0.2, 0.25) is 0 Å². The molecule has 0 aliphatic carbocycles. The van der Waals surface area contributed by atoms with Gasteiger partial charge in [-0.3, -0.25) is 0 Å². The molecule has 0 saturated heterocycles. The number of fused-ring (bicyclic) bond motifs is 1. The van der Waals surface area contributed by atoms with Gasteiger partial charge in [0, 0.05) is 0 Å². The fraction of sp³-hybridized carbons (Fsp3) is 0.520. The Bertz CT molecular complexity index is 867. The number of aromatic hydroxyl groups is 1. The molecule has 3 aromatic rings. The summed E-state index contributed by atoms with van der Waals surface area (Å²) in [4.78, 5) is 1.68. The van der Waals surface area contributed by atoms with Gasteiger partial charge in [-0.2, -0.15) is 4.80 Å². The molecule has 4 nitrogen and oxygen atoms in total. The molecule has 0 unspecified atom stereocenters. The maximum atomic E-state index is 10.5. The fourth-order valence-electron chi connectivity index (χ4n) is 3.92. The Balaban J connectivity index is 1.51. The first-order valence-electron chi connectivity index (χ1n) is 11.3. The van der Waals surface area contributed by atoms with E-state index in [0.717, 1.165) is 40.7 Å². The molecule has 1 N–H and O–H groups in total. The predicted octanol–water partition coefficient (Wildman–Crippen LogP) is 6.90. The molecule has 0 bridgehead atoms. The molecule has 156 valence electrons. The lowest BCUT2D eigenvalue weighted by Crippen LogP contribution is -2.01. The van der Waals surface area contributed by atoms with Crippen LogP contribution in [0.4, 0.5) is 0 Å². The molecule has 4 heteroatoms. The SMILES string of the molecule is CCCCCCCCCCCCc1cc(-n2nc3ccccc3n2)cc(C)c1O. The van der Waals surface area contributed by atoms with Crippen molar-refractivity contribution in [1.82, 2.24) is 15.0 Å². The zero-order valence-electron chi connectivity index (χ0n) is 18.0. The van der Waals surface area contributed by atoms with Crippen molar-refractivity contribution in [1.29, 1.82) is 0 Å². The highest BCUT2D eigenvalue weighted by atomic mass is 16.3. The Kier molecular flexibility index (Phi) is 8.09. The van der Waals surface area contributed by atoms with Crippen LogP contribution in [0.15, 0.2) is 36.4 Å². The molecule has 0 atom stereocenters. The molecular weight excluding hydrogens is 358 g/mol. The molecule has 0 aliphatic heterocycles. The number of phenols is 1. The summed E-state index contributed by atoms with van der Waals surface area (Å²) >= 11 is 0. The predicted molar refractivity (Wildman–Crippen MR) is 121 cm³/mol. The van der Waals surface area contributed by atoms with E-state index in [4.69, 9.17) is 0 Å². The number of hydrogen-bond acceptors (Lipinski definition) is 3. The zero-order chi connectivity index (χ0) is 20.5. The molecule has 0 radical (unpaired) electrons. The Hall–Kier alpha value is -2.36. The monoisotopic (exact) mass is 393 g/mol. The molecule has 0 fully saturated rings. The number of aromatic nitrogens is 3. The van der Waals surface area contributed by atoms with E-state index in [1.807, 2.05) is 43.3 Å². The van der Waals surface area contributed by atoms with Gasteiger partial charge in [-0.25, -0.2) is 0 Å². The average Bonchev–Trinajstić information content (AvgIpc) is 3.16. The van der Waals surface area contributed by atoms with Gasteiger partial charge >= 0.3 is 0 Å². The van der Waals surface area contributed by atoms with E-state index in [-0.39, 0.29) is 0 Å². The first-order chi connectivity index (χ1) is 14.2. The van der Waals surface area contributed by atoms with Crippen LogP contribution >= 0.6 is 0 Å². The molecule has 1 aromatic heterocycles. The zero-order valence-corrected chi connectivity index (χ0v) is 18.0. The van der Waals surface area contributed by atoms with Gasteiger partial charge in [-0.1, -0.05) is 76.8 Å². The van der Waals surface area contributed by atoms with E-state index < -0.39 is 0 Å². The number of nitrogens with zero attached hydrogens (tertiary/aromatic N) is 3. The Labute approximate surface area is 175 Å². The maximum Gasteiger partial charge on any atom is 0.121 e. The number of aryl methyl sites for hydroxylation is 2. The minimum Gasteiger partial charge on any atom is -0.507 e. The van der Waals surface area contributed by atoms with E-state index >= 15 is 0 Å². The van der Waals surface area contributed by atoms with Crippen LogP contribution in [-0.2, 0) is 6.42 Å². The first-order valence-corrected chi connectivity index (χ1v) is 11.3. The summed E-state index contributed by atoms with van der Waals surface area (Å²) in [7, 11) is 0. The maximum absolute atomic E-state index is 10.5. The van der Waals surface area contributed by atoms with E-state index in [2.05, 4.69) is 17.1 Å². The fourth-order valence-corrected chi connectivity index (χ4v) is 3.92. The number of phenolic OH excluding ortho intramolecular Hbond substituents is 1. The summed E-state index contributed by atoms with van der Waals surface area (Å²) in [6.45, 7) is 4.21. The Morgan fingerprint density at radius 2 is 1.34 bits per heavy atom. The van der Waals surface area contributed by atoms with Crippen LogP contribution in [-0.4, -0.2) is 20.1 Å². The van der Waals surface area contributed by atoms with Crippen LogP contribution in [0, 0.1) is 6.92 Å². The second-order valence-corrected chi connectivity index (χ2v) is 8.18. The minimum atomic E-state index is 0.418. The highest BCUT2D eigenvalue weighted by Gasteiger charge is 2.11. The lowest BCUT2D eigenvalue weighted by Gasteiger charge is -2.10. The Morgan fingerprint density at radius 1 is 0.793 bits per heavy atom. The number of benzene rings is 2. The third kappa shape index (κ3) is 6.06. The molecule has 3 rings (SSSR count). The van der Waals surface area contributed by atoms with Crippen molar-refractivity contribution in [3.63, 3.8) is 0 Å². The first kappa shape index (κ1) is 21.4. The third-order valence-electron chi connectivity index (χ3n) is 5.68. The summed E-state index contributed by atoms with van der Waals surface area (Å²) in [5.41, 5.74) is 4.56. The van der Waals surface area contributed by atoms with Crippen LogP contribution in [0.5, 0.6) is 5.75 Å². The molecule has 0 aliphatic rings. The number of rotatable bonds is 12. The lowest BCUT2D eigenvalue weighted by atomic mass is 10.0. The van der Waals surface area contributed by atoms with Gasteiger partial charge in [0.15, 0.2) is 0 Å². The second kappa shape index (κ2) is 11.0. The van der Waals surface area contributed by atoms with Crippen LogP contribution in [0.3, 0.4) is 0 Å². The van der Waals surface area contributed by atoms with Crippen LogP contribution < -0.4 is 0 Å². The van der Waals surface area contributed by atoms with Gasteiger partial charge in [-0.15, -0.1) is 10.2 Å². The number of unbranched alkanes of at least 4 members (excludes halogenated alkanes) is 9. The Morgan fingerprint density at radius 3 is 1.93 bits per heavy atom. The summed E-state index contributed by atoms with van der Waals surface area (Å²) in [5, 5.41) is 19.7. The topological polar surface area (TPSA) is 50.9 Å². The molecule has 0 amide bonds. The van der Waals surface area contributed by atoms with Crippen molar-refractivity contribution < 1.29 is 5.11 Å². The minimum absolute atomic E-state index is 0.418. The van der Waals surface area contributed by atoms with Crippen molar-refractivity contribution in [2.24, 2.45) is 0 Å². The van der Waals surface area contributed by atoms with E-state index in [0.29, 0.717) is 5.75 Å². The lowest BCUT2D eigenvalue weighted by molar-refractivity contribution is 0.461. The molecule has 0 spiro atoms. The van der Waals surface area contributed by atoms with E-state index in [1.54, 1.807) is 4.80 Å². The van der Waals surface area contributed by atoms with E-state index in [1.165, 1.54) is 57.8 Å². The average molecular weight is 394 g/mol. The summed E-state index contributed by atoms with van der Waals surface area (Å²) < 4.78 is 0. The largest absolute Gasteiger partial charge is 0.507 e. The molecular formula is C25H35N3O. The normalized spacial score (nSPS) is 11.4. The van der Waals surface area contributed by atoms with Crippen molar-refractivity contribution in [2.75, 3.05) is 0 Å². The molecule has 29 heavy (non-hydrogen) atoms. The summed E-state index contributed by atoms with van der Waals surface area (Å²) in [6.07, 6.45) is 14.1. The van der Waals surface area contributed by atoms with Crippen molar-refractivity contribution in [2.45, 2.75) is 84.5 Å². The van der Waals surface area contributed by atoms with Gasteiger partial charge in [0.2, 0.25) is 0 Å². The van der Waals surface area contributed by atoms with Crippen molar-refractivity contribution in [3.8, 4) is 11.4 Å². The summed E-state index contributed by atoms with van der Waals surface area (Å²) in [6, 6.07) is 11.9. The summed E-state index contributed by atoms with van der Waals surface area (Å²) in [5.74, 6) is 0.418. The van der Waals surface area contributed by atoms with Gasteiger partial charge in [0.1, 0.15) is 16.8 Å². The standard InChI is InChI=1S/C25H35N3O/c1-3-4-5-6-7-8-9-10-11-12-15-21-19-22(18-20(2)25(21)29)28-26-23-16-13-14-17-24(23)27-28/h13-14,16-19,29H,3-12,15H2,1-2H3. The highest BCUT2D eigenvalue weighted by Crippen LogP contribution is 2.27.